The number of carboxylic acids is 1. The van der Waals surface area contributed by atoms with Crippen LogP contribution in [0.5, 0.6) is 5.75 Å². The number of nitrogens with one attached hydrogen (secondary N) is 1. The molecule has 1 aliphatic heterocycles. The van der Waals surface area contributed by atoms with Gasteiger partial charge in [0, 0.05) is 5.02 Å². The first-order chi connectivity index (χ1) is 7.08. The molecule has 1 aromatic rings. The second-order valence-corrected chi connectivity index (χ2v) is 4.38. The fraction of sp³-hybridized carbons (Fsp3) is 0.222. The lowest BCUT2D eigenvalue weighted by molar-refractivity contribution is -0.144. The van der Waals surface area contributed by atoms with Crippen molar-refractivity contribution in [2.24, 2.45) is 0 Å². The van der Waals surface area contributed by atoms with Crippen molar-refractivity contribution in [1.29, 1.82) is 0 Å². The largest absolute Gasteiger partial charge is 0.478 e. The number of hydrogen-bond acceptors (Lipinski definition) is 3. The van der Waals surface area contributed by atoms with Crippen LogP contribution in [0.1, 0.15) is 0 Å². The van der Waals surface area contributed by atoms with E-state index in [9.17, 15) is 4.79 Å². The van der Waals surface area contributed by atoms with Crippen molar-refractivity contribution in [3.05, 3.63) is 21.6 Å². The van der Waals surface area contributed by atoms with Crippen molar-refractivity contribution in [2.45, 2.75) is 6.10 Å². The molecule has 0 saturated heterocycles. The monoisotopic (exact) mass is 291 g/mol. The Bertz CT molecular complexity index is 424. The summed E-state index contributed by atoms with van der Waals surface area (Å²) in [5.41, 5.74) is 0.701. The van der Waals surface area contributed by atoms with Crippen LogP contribution in [0.15, 0.2) is 16.6 Å². The third-order valence-electron chi connectivity index (χ3n) is 2.02. The highest BCUT2D eigenvalue weighted by atomic mass is 79.9. The van der Waals surface area contributed by atoms with Crippen LogP contribution in [0.25, 0.3) is 0 Å². The number of carbonyl (C=O) groups is 1. The molecule has 1 aliphatic rings. The van der Waals surface area contributed by atoms with Gasteiger partial charge in [-0.1, -0.05) is 11.6 Å². The summed E-state index contributed by atoms with van der Waals surface area (Å²) in [6.45, 7) is 0.231. The number of hydrogen-bond donors (Lipinski definition) is 2. The first kappa shape index (κ1) is 10.6. The molecule has 0 aromatic heterocycles. The Morgan fingerprint density at radius 1 is 1.67 bits per heavy atom. The summed E-state index contributed by atoms with van der Waals surface area (Å²) in [4.78, 5) is 10.7. The Balaban J connectivity index is 2.37. The summed E-state index contributed by atoms with van der Waals surface area (Å²) in [6.07, 6.45) is -0.866. The zero-order valence-corrected chi connectivity index (χ0v) is 9.80. The third kappa shape index (κ3) is 2.03. The molecule has 0 spiro atoms. The molecule has 2 rings (SSSR count). The van der Waals surface area contributed by atoms with Crippen LogP contribution >= 0.6 is 27.5 Å². The minimum atomic E-state index is -0.991. The van der Waals surface area contributed by atoms with E-state index in [4.69, 9.17) is 21.4 Å². The maximum atomic E-state index is 10.7. The first-order valence-corrected chi connectivity index (χ1v) is 5.37. The number of rotatable bonds is 1. The van der Waals surface area contributed by atoms with Gasteiger partial charge in [0.25, 0.3) is 0 Å². The molecule has 1 unspecified atom stereocenters. The average molecular weight is 293 g/mol. The van der Waals surface area contributed by atoms with E-state index in [0.717, 1.165) is 0 Å². The standard InChI is InChI=1S/C9H7BrClNO3/c10-5-1-4(11)2-6-8(5)15-7(3-12-6)9(13)14/h1-2,7,12H,3H2,(H,13,14). The Labute approximate surface area is 99.3 Å². The Morgan fingerprint density at radius 3 is 3.07 bits per heavy atom. The molecule has 0 bridgehead atoms. The second kappa shape index (κ2) is 3.90. The lowest BCUT2D eigenvalue weighted by Crippen LogP contribution is -2.37. The van der Waals surface area contributed by atoms with Crippen LogP contribution in [0.3, 0.4) is 0 Å². The van der Waals surface area contributed by atoms with Crippen molar-refractivity contribution in [1.82, 2.24) is 0 Å². The number of fused-ring (bicyclic) bond motifs is 1. The number of carboxylic acid groups (broad SMARTS) is 1. The SMILES string of the molecule is O=C(O)C1CNc2cc(Cl)cc(Br)c2O1. The van der Waals surface area contributed by atoms with Gasteiger partial charge in [0.1, 0.15) is 0 Å². The summed E-state index contributed by atoms with van der Waals surface area (Å²) in [6, 6.07) is 3.35. The van der Waals surface area contributed by atoms with Crippen molar-refractivity contribution in [3.63, 3.8) is 0 Å². The van der Waals surface area contributed by atoms with Gasteiger partial charge in [-0.15, -0.1) is 0 Å². The van der Waals surface area contributed by atoms with E-state index >= 15 is 0 Å². The molecule has 1 heterocycles. The van der Waals surface area contributed by atoms with Crippen molar-refractivity contribution in [2.75, 3.05) is 11.9 Å². The first-order valence-electron chi connectivity index (χ1n) is 4.20. The van der Waals surface area contributed by atoms with Gasteiger partial charge in [-0.05, 0) is 28.1 Å². The van der Waals surface area contributed by atoms with Crippen LogP contribution in [0.2, 0.25) is 5.02 Å². The van der Waals surface area contributed by atoms with Crippen LogP contribution in [0.4, 0.5) is 5.69 Å². The van der Waals surface area contributed by atoms with Gasteiger partial charge in [0.2, 0.25) is 6.10 Å². The van der Waals surface area contributed by atoms with Gasteiger partial charge in [-0.25, -0.2) is 4.79 Å². The molecule has 0 aliphatic carbocycles. The Morgan fingerprint density at radius 2 is 2.40 bits per heavy atom. The molecule has 0 radical (unpaired) electrons. The topological polar surface area (TPSA) is 58.6 Å². The fourth-order valence-electron chi connectivity index (χ4n) is 1.34. The number of anilines is 1. The molecule has 0 fully saturated rings. The fourth-order valence-corrected chi connectivity index (χ4v) is 2.24. The Kier molecular flexibility index (Phi) is 2.75. The van der Waals surface area contributed by atoms with Gasteiger partial charge in [-0.3, -0.25) is 0 Å². The van der Waals surface area contributed by atoms with Crippen LogP contribution < -0.4 is 10.1 Å². The molecular formula is C9H7BrClNO3. The predicted octanol–water partition coefficient (Wildman–Crippen LogP) is 2.36. The van der Waals surface area contributed by atoms with E-state index < -0.39 is 12.1 Å². The van der Waals surface area contributed by atoms with Crippen LogP contribution in [-0.4, -0.2) is 23.7 Å². The van der Waals surface area contributed by atoms with Gasteiger partial charge >= 0.3 is 5.97 Å². The molecular weight excluding hydrogens is 285 g/mol. The maximum Gasteiger partial charge on any atom is 0.346 e. The van der Waals surface area contributed by atoms with Gasteiger partial charge < -0.3 is 15.2 Å². The van der Waals surface area contributed by atoms with Crippen molar-refractivity contribution < 1.29 is 14.6 Å². The molecule has 0 saturated carbocycles. The van der Waals surface area contributed by atoms with Crippen molar-refractivity contribution in [3.8, 4) is 5.75 Å². The molecule has 80 valence electrons. The zero-order chi connectivity index (χ0) is 11.0. The smallest absolute Gasteiger partial charge is 0.346 e. The van der Waals surface area contributed by atoms with E-state index in [0.29, 0.717) is 20.9 Å². The number of halogens is 2. The van der Waals surface area contributed by atoms with E-state index in [-0.39, 0.29) is 6.54 Å². The van der Waals surface area contributed by atoms with Gasteiger partial charge in [0.05, 0.1) is 16.7 Å². The maximum absolute atomic E-state index is 10.7. The van der Waals surface area contributed by atoms with Crippen LogP contribution in [0, 0.1) is 0 Å². The minimum absolute atomic E-state index is 0.231. The summed E-state index contributed by atoms with van der Waals surface area (Å²) >= 11 is 9.11. The van der Waals surface area contributed by atoms with Gasteiger partial charge in [-0.2, -0.15) is 0 Å². The normalized spacial score (nSPS) is 18.7. The second-order valence-electron chi connectivity index (χ2n) is 3.09. The van der Waals surface area contributed by atoms with E-state index in [1.165, 1.54) is 0 Å². The highest BCUT2D eigenvalue weighted by molar-refractivity contribution is 9.10. The number of benzene rings is 1. The van der Waals surface area contributed by atoms with Crippen LogP contribution in [-0.2, 0) is 4.79 Å². The van der Waals surface area contributed by atoms with E-state index in [1.807, 2.05) is 0 Å². The number of ether oxygens (including phenoxy) is 1. The summed E-state index contributed by atoms with van der Waals surface area (Å²) < 4.78 is 5.95. The molecule has 1 atom stereocenters. The number of aliphatic carboxylic acids is 1. The van der Waals surface area contributed by atoms with E-state index in [1.54, 1.807) is 12.1 Å². The third-order valence-corrected chi connectivity index (χ3v) is 2.83. The molecule has 6 heteroatoms. The van der Waals surface area contributed by atoms with E-state index in [2.05, 4.69) is 21.2 Å². The quantitative estimate of drug-likeness (QED) is 0.834. The Hall–Kier alpha value is -0.940. The highest BCUT2D eigenvalue weighted by Crippen LogP contribution is 2.39. The molecule has 1 aromatic carbocycles. The summed E-state index contributed by atoms with van der Waals surface area (Å²) in [5.74, 6) is -0.506. The summed E-state index contributed by atoms with van der Waals surface area (Å²) in [5, 5.41) is 12.3. The lowest BCUT2D eigenvalue weighted by Gasteiger charge is -2.25. The molecule has 4 nitrogen and oxygen atoms in total. The van der Waals surface area contributed by atoms with Gasteiger partial charge in [0.15, 0.2) is 5.75 Å². The molecule has 2 N–H and O–H groups in total. The average Bonchev–Trinajstić information content (AvgIpc) is 2.16. The predicted molar refractivity (Wildman–Crippen MR) is 59.7 cm³/mol. The minimum Gasteiger partial charge on any atom is -0.478 e. The van der Waals surface area contributed by atoms with Crippen molar-refractivity contribution >= 4 is 39.2 Å². The lowest BCUT2D eigenvalue weighted by atomic mass is 10.2. The molecule has 0 amide bonds. The highest BCUT2D eigenvalue weighted by Gasteiger charge is 2.27. The zero-order valence-electron chi connectivity index (χ0n) is 7.46. The molecule has 15 heavy (non-hydrogen) atoms. The summed E-state index contributed by atoms with van der Waals surface area (Å²) in [7, 11) is 0.